The van der Waals surface area contributed by atoms with E-state index in [2.05, 4.69) is 22.5 Å². The van der Waals surface area contributed by atoms with Crippen LogP contribution in [0.1, 0.15) is 34.0 Å². The van der Waals surface area contributed by atoms with E-state index in [0.717, 1.165) is 40.2 Å². The number of anilines is 3. The molecule has 2 aromatic carbocycles. The van der Waals surface area contributed by atoms with Crippen molar-refractivity contribution in [1.29, 1.82) is 0 Å². The van der Waals surface area contributed by atoms with Crippen LogP contribution >= 0.6 is 0 Å². The van der Waals surface area contributed by atoms with Crippen LogP contribution in [0.25, 0.3) is 0 Å². The Bertz CT molecular complexity index is 934. The van der Waals surface area contributed by atoms with Gasteiger partial charge < -0.3 is 10.6 Å². The summed E-state index contributed by atoms with van der Waals surface area (Å²) in [7, 11) is 0. The lowest BCUT2D eigenvalue weighted by molar-refractivity contribution is 0.102. The highest BCUT2D eigenvalue weighted by Gasteiger charge is 2.12. The van der Waals surface area contributed by atoms with E-state index < -0.39 is 0 Å². The van der Waals surface area contributed by atoms with Gasteiger partial charge in [-0.2, -0.15) is 0 Å². The van der Waals surface area contributed by atoms with Crippen LogP contribution in [0.3, 0.4) is 0 Å². The van der Waals surface area contributed by atoms with Gasteiger partial charge in [-0.25, -0.2) is 0 Å². The molecule has 0 radical (unpaired) electrons. The Balaban J connectivity index is 1.82. The molecule has 4 heteroatoms. The van der Waals surface area contributed by atoms with Crippen molar-refractivity contribution in [3.63, 3.8) is 0 Å². The second-order valence-electron chi connectivity index (χ2n) is 6.32. The maximum atomic E-state index is 12.7. The fourth-order valence-corrected chi connectivity index (χ4v) is 2.89. The Hall–Kier alpha value is -3.14. The Labute approximate surface area is 154 Å². The van der Waals surface area contributed by atoms with Gasteiger partial charge in [0.15, 0.2) is 0 Å². The molecular weight excluding hydrogens is 322 g/mol. The summed E-state index contributed by atoms with van der Waals surface area (Å²) in [5.41, 5.74) is 6.51. The van der Waals surface area contributed by atoms with Gasteiger partial charge in [-0.1, -0.05) is 43.3 Å². The normalized spacial score (nSPS) is 10.4. The molecule has 0 saturated heterocycles. The van der Waals surface area contributed by atoms with E-state index in [0.29, 0.717) is 5.56 Å². The molecule has 0 aliphatic carbocycles. The fourth-order valence-electron chi connectivity index (χ4n) is 2.89. The lowest BCUT2D eigenvalue weighted by Crippen LogP contribution is -2.15. The Morgan fingerprint density at radius 3 is 2.54 bits per heavy atom. The van der Waals surface area contributed by atoms with Crippen molar-refractivity contribution < 1.29 is 4.79 Å². The molecule has 0 saturated carbocycles. The van der Waals surface area contributed by atoms with Crippen molar-refractivity contribution >= 4 is 23.0 Å². The molecule has 1 amide bonds. The SMILES string of the molecule is CCc1cccc(C)c1NC(=O)c1cncc(Nc2ccccc2C)c1. The minimum Gasteiger partial charge on any atom is -0.354 e. The molecule has 3 aromatic rings. The topological polar surface area (TPSA) is 54.0 Å². The van der Waals surface area contributed by atoms with E-state index in [9.17, 15) is 4.79 Å². The number of aromatic nitrogens is 1. The van der Waals surface area contributed by atoms with E-state index >= 15 is 0 Å². The van der Waals surface area contributed by atoms with Crippen molar-refractivity contribution in [2.45, 2.75) is 27.2 Å². The Kier molecular flexibility index (Phi) is 5.32. The first-order chi connectivity index (χ1) is 12.6. The average molecular weight is 345 g/mol. The van der Waals surface area contributed by atoms with Gasteiger partial charge in [-0.15, -0.1) is 0 Å². The van der Waals surface area contributed by atoms with Crippen LogP contribution in [0.5, 0.6) is 0 Å². The summed E-state index contributed by atoms with van der Waals surface area (Å²) in [4.78, 5) is 16.9. The Morgan fingerprint density at radius 2 is 1.77 bits per heavy atom. The molecule has 4 nitrogen and oxygen atoms in total. The first kappa shape index (κ1) is 17.7. The molecule has 0 aliphatic rings. The number of rotatable bonds is 5. The van der Waals surface area contributed by atoms with E-state index in [1.165, 1.54) is 0 Å². The summed E-state index contributed by atoms with van der Waals surface area (Å²) >= 11 is 0. The number of para-hydroxylation sites is 2. The fraction of sp³-hybridized carbons (Fsp3) is 0.182. The highest BCUT2D eigenvalue weighted by atomic mass is 16.1. The maximum absolute atomic E-state index is 12.7. The van der Waals surface area contributed by atoms with Crippen LogP contribution in [-0.4, -0.2) is 10.9 Å². The number of hydrogen-bond donors (Lipinski definition) is 2. The molecule has 0 aliphatic heterocycles. The molecule has 1 heterocycles. The number of nitrogens with one attached hydrogen (secondary N) is 2. The number of aryl methyl sites for hydroxylation is 3. The zero-order valence-corrected chi connectivity index (χ0v) is 15.3. The van der Waals surface area contributed by atoms with Crippen molar-refractivity contribution in [3.8, 4) is 0 Å². The maximum Gasteiger partial charge on any atom is 0.257 e. The lowest BCUT2D eigenvalue weighted by atomic mass is 10.1. The van der Waals surface area contributed by atoms with Gasteiger partial charge in [0, 0.05) is 17.6 Å². The third-order valence-electron chi connectivity index (χ3n) is 4.40. The minimum absolute atomic E-state index is 0.157. The molecule has 0 atom stereocenters. The second kappa shape index (κ2) is 7.83. The van der Waals surface area contributed by atoms with Gasteiger partial charge in [0.05, 0.1) is 17.4 Å². The monoisotopic (exact) mass is 345 g/mol. The smallest absolute Gasteiger partial charge is 0.257 e. The first-order valence-electron chi connectivity index (χ1n) is 8.76. The van der Waals surface area contributed by atoms with Gasteiger partial charge >= 0.3 is 0 Å². The summed E-state index contributed by atoms with van der Waals surface area (Å²) in [6.45, 7) is 6.12. The lowest BCUT2D eigenvalue weighted by Gasteiger charge is -2.14. The van der Waals surface area contributed by atoms with Crippen molar-refractivity contribution in [3.05, 3.63) is 83.2 Å². The molecule has 2 N–H and O–H groups in total. The van der Waals surface area contributed by atoms with Crippen LogP contribution in [0, 0.1) is 13.8 Å². The van der Waals surface area contributed by atoms with Crippen LogP contribution in [0.15, 0.2) is 60.9 Å². The van der Waals surface area contributed by atoms with E-state index in [-0.39, 0.29) is 5.91 Å². The van der Waals surface area contributed by atoms with Crippen molar-refractivity contribution in [1.82, 2.24) is 4.98 Å². The molecule has 3 rings (SSSR count). The quantitative estimate of drug-likeness (QED) is 0.663. The first-order valence-corrected chi connectivity index (χ1v) is 8.76. The summed E-state index contributed by atoms with van der Waals surface area (Å²) in [5, 5.41) is 6.36. The van der Waals surface area contributed by atoms with Crippen LogP contribution in [0.2, 0.25) is 0 Å². The number of carbonyl (C=O) groups excluding carboxylic acids is 1. The molecule has 0 unspecified atom stereocenters. The predicted octanol–water partition coefficient (Wildman–Crippen LogP) is 5.26. The Morgan fingerprint density at radius 1 is 1.00 bits per heavy atom. The van der Waals surface area contributed by atoms with Crippen LogP contribution < -0.4 is 10.6 Å². The molecule has 1 aromatic heterocycles. The van der Waals surface area contributed by atoms with Gasteiger partial charge in [0.25, 0.3) is 5.91 Å². The highest BCUT2D eigenvalue weighted by molar-refractivity contribution is 6.05. The third kappa shape index (κ3) is 3.91. The standard InChI is InChI=1S/C22H23N3O/c1-4-17-10-7-9-16(3)21(17)25-22(26)18-12-19(14-23-13-18)24-20-11-6-5-8-15(20)2/h5-14,24H,4H2,1-3H3,(H,25,26). The van der Waals surface area contributed by atoms with Crippen molar-refractivity contribution in [2.24, 2.45) is 0 Å². The molecular formula is C22H23N3O. The van der Waals surface area contributed by atoms with Gasteiger partial charge in [-0.3, -0.25) is 9.78 Å². The highest BCUT2D eigenvalue weighted by Crippen LogP contribution is 2.23. The number of pyridine rings is 1. The second-order valence-corrected chi connectivity index (χ2v) is 6.32. The van der Waals surface area contributed by atoms with Gasteiger partial charge in [0.1, 0.15) is 0 Å². The number of nitrogens with zero attached hydrogens (tertiary/aromatic N) is 1. The van der Waals surface area contributed by atoms with Crippen LogP contribution in [0.4, 0.5) is 17.1 Å². The summed E-state index contributed by atoms with van der Waals surface area (Å²) in [5.74, 6) is -0.157. The predicted molar refractivity (Wildman–Crippen MR) is 107 cm³/mol. The summed E-state index contributed by atoms with van der Waals surface area (Å²) in [6.07, 6.45) is 4.17. The summed E-state index contributed by atoms with van der Waals surface area (Å²) in [6, 6.07) is 15.9. The molecule has 132 valence electrons. The summed E-state index contributed by atoms with van der Waals surface area (Å²) < 4.78 is 0. The van der Waals surface area contributed by atoms with E-state index in [1.807, 2.05) is 62.4 Å². The zero-order valence-electron chi connectivity index (χ0n) is 15.3. The van der Waals surface area contributed by atoms with E-state index in [1.54, 1.807) is 12.4 Å². The van der Waals surface area contributed by atoms with E-state index in [4.69, 9.17) is 0 Å². The number of amides is 1. The van der Waals surface area contributed by atoms with Crippen LogP contribution in [-0.2, 0) is 6.42 Å². The van der Waals surface area contributed by atoms with Crippen molar-refractivity contribution in [2.75, 3.05) is 10.6 Å². The molecule has 0 fully saturated rings. The third-order valence-corrected chi connectivity index (χ3v) is 4.40. The molecule has 26 heavy (non-hydrogen) atoms. The number of carbonyl (C=O) groups is 1. The molecule has 0 bridgehead atoms. The van der Waals surface area contributed by atoms with Gasteiger partial charge in [0.2, 0.25) is 0 Å². The van der Waals surface area contributed by atoms with Gasteiger partial charge in [-0.05, 0) is 49.1 Å². The average Bonchev–Trinajstić information content (AvgIpc) is 2.65. The zero-order chi connectivity index (χ0) is 18.5. The number of hydrogen-bond acceptors (Lipinski definition) is 3. The minimum atomic E-state index is -0.157. The molecule has 0 spiro atoms. The largest absolute Gasteiger partial charge is 0.354 e. The number of benzene rings is 2.